The first-order valence-electron chi connectivity index (χ1n) is 8.27. The van der Waals surface area contributed by atoms with Crippen LogP contribution in [0.1, 0.15) is 5.56 Å². The van der Waals surface area contributed by atoms with E-state index in [4.69, 9.17) is 0 Å². The van der Waals surface area contributed by atoms with E-state index in [0.29, 0.717) is 11.7 Å². The Kier molecular flexibility index (Phi) is 5.86. The lowest BCUT2D eigenvalue weighted by molar-refractivity contribution is -0.118. The molecule has 0 aliphatic carbocycles. The van der Waals surface area contributed by atoms with Crippen LogP contribution in [-0.4, -0.2) is 33.0 Å². The zero-order valence-electron chi connectivity index (χ0n) is 14.6. The summed E-state index contributed by atoms with van der Waals surface area (Å²) in [5.41, 5.74) is 3.13. The number of nitrogens with zero attached hydrogens (tertiary/aromatic N) is 3. The van der Waals surface area contributed by atoms with Crippen LogP contribution < -0.4 is 5.32 Å². The van der Waals surface area contributed by atoms with E-state index in [2.05, 4.69) is 41.1 Å². The molecule has 3 aromatic rings. The van der Waals surface area contributed by atoms with Crippen molar-refractivity contribution in [1.82, 2.24) is 20.1 Å². The van der Waals surface area contributed by atoms with Crippen LogP contribution in [0, 0.1) is 6.92 Å². The van der Waals surface area contributed by atoms with Crippen LogP contribution >= 0.6 is 11.8 Å². The molecule has 0 spiro atoms. The minimum absolute atomic E-state index is 0.0607. The standard InChI is InChI=1S/C20H20N4OS/c1-3-13-21-18(25)14-26-20-23-22-19(16-11-9-15(2)10-12-16)24(20)17-7-5-4-6-8-17/h3-12H,1,13-14H2,2H3,(H,21,25). The van der Waals surface area contributed by atoms with Crippen molar-refractivity contribution in [2.24, 2.45) is 0 Å². The predicted molar refractivity (Wildman–Crippen MR) is 105 cm³/mol. The molecule has 0 unspecified atom stereocenters. The Morgan fingerprint density at radius 3 is 2.58 bits per heavy atom. The van der Waals surface area contributed by atoms with Gasteiger partial charge in [0, 0.05) is 17.8 Å². The minimum Gasteiger partial charge on any atom is -0.352 e. The molecule has 5 nitrogen and oxygen atoms in total. The zero-order valence-corrected chi connectivity index (χ0v) is 15.4. The van der Waals surface area contributed by atoms with Gasteiger partial charge in [-0.3, -0.25) is 9.36 Å². The monoisotopic (exact) mass is 364 g/mol. The van der Waals surface area contributed by atoms with E-state index < -0.39 is 0 Å². The Bertz CT molecular complexity index is 888. The van der Waals surface area contributed by atoms with Crippen molar-refractivity contribution in [3.8, 4) is 17.1 Å². The van der Waals surface area contributed by atoms with Crippen LogP contribution in [0.2, 0.25) is 0 Å². The number of hydrogen-bond acceptors (Lipinski definition) is 4. The van der Waals surface area contributed by atoms with Gasteiger partial charge in [0.05, 0.1) is 5.75 Å². The number of hydrogen-bond donors (Lipinski definition) is 1. The zero-order chi connectivity index (χ0) is 18.4. The highest BCUT2D eigenvalue weighted by Crippen LogP contribution is 2.28. The van der Waals surface area contributed by atoms with Gasteiger partial charge in [-0.1, -0.05) is 65.9 Å². The molecule has 3 rings (SSSR count). The summed E-state index contributed by atoms with van der Waals surface area (Å²) in [6, 6.07) is 18.1. The second-order valence-electron chi connectivity index (χ2n) is 5.72. The van der Waals surface area contributed by atoms with Crippen LogP contribution in [-0.2, 0) is 4.79 Å². The highest BCUT2D eigenvalue weighted by atomic mass is 32.2. The van der Waals surface area contributed by atoms with E-state index in [1.165, 1.54) is 17.3 Å². The van der Waals surface area contributed by atoms with E-state index in [-0.39, 0.29) is 11.7 Å². The number of thioether (sulfide) groups is 1. The van der Waals surface area contributed by atoms with E-state index in [1.807, 2.05) is 47.0 Å². The number of carbonyl (C=O) groups excluding carboxylic acids is 1. The van der Waals surface area contributed by atoms with E-state index in [0.717, 1.165) is 17.1 Å². The summed E-state index contributed by atoms with van der Waals surface area (Å²) >= 11 is 1.36. The summed E-state index contributed by atoms with van der Waals surface area (Å²) in [6.45, 7) is 6.11. The van der Waals surface area contributed by atoms with Gasteiger partial charge in [-0.25, -0.2) is 0 Å². The maximum absolute atomic E-state index is 11.9. The summed E-state index contributed by atoms with van der Waals surface area (Å²) in [5, 5.41) is 12.1. The van der Waals surface area contributed by atoms with Gasteiger partial charge < -0.3 is 5.32 Å². The van der Waals surface area contributed by atoms with Gasteiger partial charge in [0.1, 0.15) is 0 Å². The topological polar surface area (TPSA) is 59.8 Å². The fourth-order valence-corrected chi connectivity index (χ4v) is 3.21. The largest absolute Gasteiger partial charge is 0.352 e. The predicted octanol–water partition coefficient (Wildman–Crippen LogP) is 3.64. The van der Waals surface area contributed by atoms with Crippen LogP contribution in [0.3, 0.4) is 0 Å². The fraction of sp³-hybridized carbons (Fsp3) is 0.150. The molecule has 0 radical (unpaired) electrons. The molecule has 0 bridgehead atoms. The Balaban J connectivity index is 1.93. The van der Waals surface area contributed by atoms with Crippen LogP contribution in [0.5, 0.6) is 0 Å². The average molecular weight is 364 g/mol. The molecule has 0 atom stereocenters. The lowest BCUT2D eigenvalue weighted by atomic mass is 10.1. The Morgan fingerprint density at radius 1 is 1.15 bits per heavy atom. The van der Waals surface area contributed by atoms with Crippen molar-refractivity contribution < 1.29 is 4.79 Å². The van der Waals surface area contributed by atoms with Gasteiger partial charge in [0.25, 0.3) is 0 Å². The Hall–Kier alpha value is -2.86. The SMILES string of the molecule is C=CCNC(=O)CSc1nnc(-c2ccc(C)cc2)n1-c1ccccc1. The number of amides is 1. The fourth-order valence-electron chi connectivity index (χ4n) is 2.43. The number of nitrogens with one attached hydrogen (secondary N) is 1. The summed E-state index contributed by atoms with van der Waals surface area (Å²) in [6.07, 6.45) is 1.66. The average Bonchev–Trinajstić information content (AvgIpc) is 3.10. The number of rotatable bonds is 7. The number of carbonyl (C=O) groups is 1. The second kappa shape index (κ2) is 8.49. The molecule has 1 heterocycles. The van der Waals surface area contributed by atoms with E-state index in [9.17, 15) is 4.79 Å². The van der Waals surface area contributed by atoms with Crippen LogP contribution in [0.15, 0.2) is 72.4 Å². The molecular weight excluding hydrogens is 344 g/mol. The molecule has 1 amide bonds. The lowest BCUT2D eigenvalue weighted by Crippen LogP contribution is -2.25. The minimum atomic E-state index is -0.0607. The number of aromatic nitrogens is 3. The van der Waals surface area contributed by atoms with Gasteiger partial charge >= 0.3 is 0 Å². The summed E-state index contributed by atoms with van der Waals surface area (Å²) in [4.78, 5) is 11.9. The number of para-hydroxylation sites is 1. The first-order chi connectivity index (χ1) is 12.7. The molecule has 2 aromatic carbocycles. The van der Waals surface area contributed by atoms with Gasteiger partial charge in [-0.2, -0.15) is 0 Å². The first kappa shape index (κ1) is 17.9. The molecule has 0 fully saturated rings. The van der Waals surface area contributed by atoms with Gasteiger partial charge in [-0.15, -0.1) is 16.8 Å². The maximum atomic E-state index is 11.9. The van der Waals surface area contributed by atoms with Crippen LogP contribution in [0.25, 0.3) is 17.1 Å². The highest BCUT2D eigenvalue weighted by Gasteiger charge is 2.17. The molecule has 0 saturated heterocycles. The third-order valence-corrected chi connectivity index (χ3v) is 4.66. The Labute approximate surface area is 157 Å². The maximum Gasteiger partial charge on any atom is 0.230 e. The Morgan fingerprint density at radius 2 is 1.88 bits per heavy atom. The smallest absolute Gasteiger partial charge is 0.230 e. The van der Waals surface area contributed by atoms with Crippen LogP contribution in [0.4, 0.5) is 0 Å². The molecule has 0 aliphatic heterocycles. The molecule has 0 aliphatic rings. The number of aryl methyl sites for hydroxylation is 1. The molecule has 132 valence electrons. The second-order valence-corrected chi connectivity index (χ2v) is 6.67. The molecule has 0 saturated carbocycles. The third kappa shape index (κ3) is 4.21. The molecule has 1 N–H and O–H groups in total. The quantitative estimate of drug-likeness (QED) is 0.514. The first-order valence-corrected chi connectivity index (χ1v) is 9.26. The van der Waals surface area contributed by atoms with Crippen molar-refractivity contribution in [3.63, 3.8) is 0 Å². The van der Waals surface area contributed by atoms with Crippen molar-refractivity contribution in [3.05, 3.63) is 72.8 Å². The van der Waals surface area contributed by atoms with E-state index in [1.54, 1.807) is 6.08 Å². The summed E-state index contributed by atoms with van der Waals surface area (Å²) < 4.78 is 1.98. The molecule has 6 heteroatoms. The van der Waals surface area contributed by atoms with Crippen molar-refractivity contribution in [1.29, 1.82) is 0 Å². The lowest BCUT2D eigenvalue weighted by Gasteiger charge is -2.10. The third-order valence-electron chi connectivity index (χ3n) is 3.73. The van der Waals surface area contributed by atoms with Gasteiger partial charge in [-0.05, 0) is 19.1 Å². The number of benzene rings is 2. The van der Waals surface area contributed by atoms with Crippen molar-refractivity contribution >= 4 is 17.7 Å². The molecular formula is C20H20N4OS. The van der Waals surface area contributed by atoms with Crippen molar-refractivity contribution in [2.45, 2.75) is 12.1 Å². The van der Waals surface area contributed by atoms with Gasteiger partial charge in [0.2, 0.25) is 5.91 Å². The van der Waals surface area contributed by atoms with Gasteiger partial charge in [0.15, 0.2) is 11.0 Å². The molecule has 26 heavy (non-hydrogen) atoms. The highest BCUT2D eigenvalue weighted by molar-refractivity contribution is 7.99. The van der Waals surface area contributed by atoms with E-state index >= 15 is 0 Å². The summed E-state index contributed by atoms with van der Waals surface area (Å²) in [7, 11) is 0. The molecule has 1 aromatic heterocycles. The van der Waals surface area contributed by atoms with Crippen molar-refractivity contribution in [2.75, 3.05) is 12.3 Å². The normalized spacial score (nSPS) is 10.5. The summed E-state index contributed by atoms with van der Waals surface area (Å²) in [5.74, 6) is 0.965.